The lowest BCUT2D eigenvalue weighted by atomic mass is 10.1. The molecule has 1 aromatic rings. The van der Waals surface area contributed by atoms with Crippen LogP contribution in [0.25, 0.3) is 0 Å². The molecule has 7 heteroatoms. The minimum absolute atomic E-state index is 0.293. The zero-order valence-electron chi connectivity index (χ0n) is 11.3. The number of amides is 1. The molecule has 0 unspecified atom stereocenters. The molecular formula is C14H16BrF3N2O. The summed E-state index contributed by atoms with van der Waals surface area (Å²) in [6, 6.07) is 3.89. The molecule has 1 atom stereocenters. The molecule has 2 N–H and O–H groups in total. The van der Waals surface area contributed by atoms with Crippen LogP contribution in [-0.2, 0) is 6.18 Å². The largest absolute Gasteiger partial charge is 0.417 e. The predicted octanol–water partition coefficient (Wildman–Crippen LogP) is 3.34. The Bertz CT molecular complexity index is 513. The van der Waals surface area contributed by atoms with Crippen LogP contribution in [0.4, 0.5) is 13.2 Å². The molecular weight excluding hydrogens is 349 g/mol. The molecule has 1 aromatic carbocycles. The Morgan fingerprint density at radius 3 is 2.81 bits per heavy atom. The van der Waals surface area contributed by atoms with E-state index in [1.54, 1.807) is 0 Å². The van der Waals surface area contributed by atoms with Gasteiger partial charge in [-0.05, 0) is 44.0 Å². The maximum absolute atomic E-state index is 12.9. The summed E-state index contributed by atoms with van der Waals surface area (Å²) >= 11 is 3.00. The van der Waals surface area contributed by atoms with Gasteiger partial charge in [0.05, 0.1) is 11.1 Å². The smallest absolute Gasteiger partial charge is 0.352 e. The first-order valence-electron chi connectivity index (χ1n) is 6.76. The predicted molar refractivity (Wildman–Crippen MR) is 77.1 cm³/mol. The van der Waals surface area contributed by atoms with Crippen molar-refractivity contribution in [1.82, 2.24) is 10.6 Å². The van der Waals surface area contributed by atoms with Gasteiger partial charge in [0.25, 0.3) is 5.91 Å². The SMILES string of the molecule is O=C(NCC[C@H]1CCCN1)c1ccc(Br)cc1C(F)(F)F. The van der Waals surface area contributed by atoms with Crippen LogP contribution >= 0.6 is 15.9 Å². The Kier molecular flexibility index (Phi) is 5.27. The molecule has 0 aliphatic carbocycles. The fourth-order valence-electron chi connectivity index (χ4n) is 2.41. The number of benzene rings is 1. The van der Waals surface area contributed by atoms with Gasteiger partial charge in [-0.1, -0.05) is 15.9 Å². The van der Waals surface area contributed by atoms with Crippen LogP contribution in [-0.4, -0.2) is 25.0 Å². The van der Waals surface area contributed by atoms with E-state index in [0.717, 1.165) is 31.9 Å². The number of hydrogen-bond acceptors (Lipinski definition) is 2. The van der Waals surface area contributed by atoms with Crippen molar-refractivity contribution in [3.8, 4) is 0 Å². The van der Waals surface area contributed by atoms with Crippen molar-refractivity contribution in [1.29, 1.82) is 0 Å². The van der Waals surface area contributed by atoms with E-state index in [4.69, 9.17) is 0 Å². The van der Waals surface area contributed by atoms with Crippen LogP contribution in [0.1, 0.15) is 35.2 Å². The fraction of sp³-hybridized carbons (Fsp3) is 0.500. The Balaban J connectivity index is 2.01. The third-order valence-corrected chi connectivity index (χ3v) is 3.97. The number of hydrogen-bond donors (Lipinski definition) is 2. The molecule has 1 aliphatic heterocycles. The first kappa shape index (κ1) is 16.3. The second-order valence-corrected chi connectivity index (χ2v) is 5.94. The van der Waals surface area contributed by atoms with Gasteiger partial charge < -0.3 is 10.6 Å². The number of rotatable bonds is 4. The first-order chi connectivity index (χ1) is 9.88. The third-order valence-electron chi connectivity index (χ3n) is 3.47. The second kappa shape index (κ2) is 6.79. The van der Waals surface area contributed by atoms with Crippen molar-refractivity contribution in [2.45, 2.75) is 31.5 Å². The second-order valence-electron chi connectivity index (χ2n) is 5.03. The van der Waals surface area contributed by atoms with E-state index >= 15 is 0 Å². The van der Waals surface area contributed by atoms with Gasteiger partial charge in [0.15, 0.2) is 0 Å². The molecule has 116 valence electrons. The van der Waals surface area contributed by atoms with Crippen LogP contribution < -0.4 is 10.6 Å². The molecule has 1 fully saturated rings. The highest BCUT2D eigenvalue weighted by atomic mass is 79.9. The molecule has 0 saturated carbocycles. The van der Waals surface area contributed by atoms with E-state index in [9.17, 15) is 18.0 Å². The van der Waals surface area contributed by atoms with Gasteiger partial charge >= 0.3 is 6.18 Å². The number of alkyl halides is 3. The molecule has 2 rings (SSSR count). The van der Waals surface area contributed by atoms with Gasteiger partial charge in [0.1, 0.15) is 0 Å². The monoisotopic (exact) mass is 364 g/mol. The molecule has 1 saturated heterocycles. The highest BCUT2D eigenvalue weighted by Gasteiger charge is 2.35. The van der Waals surface area contributed by atoms with E-state index in [0.29, 0.717) is 17.1 Å². The van der Waals surface area contributed by atoms with Crippen LogP contribution in [0.5, 0.6) is 0 Å². The van der Waals surface area contributed by atoms with Crippen LogP contribution in [0, 0.1) is 0 Å². The minimum atomic E-state index is -4.55. The van der Waals surface area contributed by atoms with Gasteiger partial charge in [-0.3, -0.25) is 4.79 Å². The van der Waals surface area contributed by atoms with E-state index in [-0.39, 0.29) is 5.56 Å². The number of nitrogens with one attached hydrogen (secondary N) is 2. The standard InChI is InChI=1S/C14H16BrF3N2O/c15-9-3-4-11(12(8-9)14(16,17)18)13(21)20-7-5-10-2-1-6-19-10/h3-4,8,10,19H,1-2,5-7H2,(H,20,21)/t10-/m1/s1. The molecule has 0 aromatic heterocycles. The van der Waals surface area contributed by atoms with Crippen molar-refractivity contribution >= 4 is 21.8 Å². The quantitative estimate of drug-likeness (QED) is 0.860. The van der Waals surface area contributed by atoms with Crippen molar-refractivity contribution < 1.29 is 18.0 Å². The molecule has 1 heterocycles. The van der Waals surface area contributed by atoms with Gasteiger partial charge in [-0.25, -0.2) is 0 Å². The zero-order chi connectivity index (χ0) is 15.5. The van der Waals surface area contributed by atoms with E-state index in [1.807, 2.05) is 0 Å². The normalized spacial score (nSPS) is 18.8. The summed E-state index contributed by atoms with van der Waals surface area (Å²) in [6.45, 7) is 1.33. The third kappa shape index (κ3) is 4.44. The number of halogens is 4. The maximum Gasteiger partial charge on any atom is 0.417 e. The molecule has 3 nitrogen and oxygen atoms in total. The van der Waals surface area contributed by atoms with Crippen LogP contribution in [0.15, 0.2) is 22.7 Å². The molecule has 21 heavy (non-hydrogen) atoms. The zero-order valence-corrected chi connectivity index (χ0v) is 12.9. The summed E-state index contributed by atoms with van der Waals surface area (Å²) in [6.07, 6.45) is -1.68. The first-order valence-corrected chi connectivity index (χ1v) is 7.55. The Morgan fingerprint density at radius 1 is 1.43 bits per heavy atom. The topological polar surface area (TPSA) is 41.1 Å². The maximum atomic E-state index is 12.9. The fourth-order valence-corrected chi connectivity index (χ4v) is 2.77. The average molecular weight is 365 g/mol. The van der Waals surface area contributed by atoms with Crippen molar-refractivity contribution in [2.75, 3.05) is 13.1 Å². The van der Waals surface area contributed by atoms with E-state index < -0.39 is 17.6 Å². The summed E-state index contributed by atoms with van der Waals surface area (Å²) < 4.78 is 39.1. The lowest BCUT2D eigenvalue weighted by Gasteiger charge is -2.14. The molecule has 0 spiro atoms. The lowest BCUT2D eigenvalue weighted by molar-refractivity contribution is -0.138. The molecule has 0 bridgehead atoms. The van der Waals surface area contributed by atoms with Gasteiger partial charge in [-0.15, -0.1) is 0 Å². The van der Waals surface area contributed by atoms with Crippen molar-refractivity contribution in [3.05, 3.63) is 33.8 Å². The van der Waals surface area contributed by atoms with Crippen LogP contribution in [0.2, 0.25) is 0 Å². The minimum Gasteiger partial charge on any atom is -0.352 e. The van der Waals surface area contributed by atoms with E-state index in [1.165, 1.54) is 12.1 Å². The summed E-state index contributed by atoms with van der Waals surface area (Å²) in [5.41, 5.74) is -1.27. The average Bonchev–Trinajstić information content (AvgIpc) is 2.90. The van der Waals surface area contributed by atoms with Gasteiger partial charge in [-0.2, -0.15) is 13.2 Å². The van der Waals surface area contributed by atoms with Crippen molar-refractivity contribution in [2.24, 2.45) is 0 Å². The lowest BCUT2D eigenvalue weighted by Crippen LogP contribution is -2.31. The van der Waals surface area contributed by atoms with Gasteiger partial charge in [0.2, 0.25) is 0 Å². The Labute approximate surface area is 129 Å². The van der Waals surface area contributed by atoms with Crippen molar-refractivity contribution in [3.63, 3.8) is 0 Å². The Hall–Kier alpha value is -1.08. The van der Waals surface area contributed by atoms with Crippen LogP contribution in [0.3, 0.4) is 0 Å². The molecule has 1 aliphatic rings. The molecule has 1 amide bonds. The van der Waals surface area contributed by atoms with Gasteiger partial charge in [0, 0.05) is 17.1 Å². The highest BCUT2D eigenvalue weighted by molar-refractivity contribution is 9.10. The summed E-state index contributed by atoms with van der Waals surface area (Å²) in [5, 5.41) is 5.84. The number of carbonyl (C=O) groups excluding carboxylic acids is 1. The highest BCUT2D eigenvalue weighted by Crippen LogP contribution is 2.33. The number of carbonyl (C=O) groups is 1. The molecule has 0 radical (unpaired) electrons. The van der Waals surface area contributed by atoms with E-state index in [2.05, 4.69) is 26.6 Å². The summed E-state index contributed by atoms with van der Waals surface area (Å²) in [7, 11) is 0. The Morgan fingerprint density at radius 2 is 2.19 bits per heavy atom. The summed E-state index contributed by atoms with van der Waals surface area (Å²) in [4.78, 5) is 12.0. The summed E-state index contributed by atoms with van der Waals surface area (Å²) in [5.74, 6) is -0.687.